The third kappa shape index (κ3) is 2.71. The molecule has 1 aromatic carbocycles. The fraction of sp³-hybridized carbons (Fsp3) is 0.429. The lowest BCUT2D eigenvalue weighted by Gasteiger charge is -2.08. The van der Waals surface area contributed by atoms with Crippen molar-refractivity contribution in [3.05, 3.63) is 34.4 Å². The molecule has 3 heteroatoms. The number of fused-ring (bicyclic) bond motifs is 1. The van der Waals surface area contributed by atoms with Gasteiger partial charge < -0.3 is 4.57 Å². The molecule has 92 valence electrons. The zero-order valence-corrected chi connectivity index (χ0v) is 12.9. The molecule has 0 radical (unpaired) electrons. The van der Waals surface area contributed by atoms with E-state index in [2.05, 4.69) is 65.7 Å². The van der Waals surface area contributed by atoms with Crippen LogP contribution in [0.15, 0.2) is 28.9 Å². The van der Waals surface area contributed by atoms with Crippen LogP contribution < -0.4 is 0 Å². The van der Waals surface area contributed by atoms with Crippen LogP contribution in [0.3, 0.4) is 0 Å². The summed E-state index contributed by atoms with van der Waals surface area (Å²) < 4.78 is 3.52. The highest BCUT2D eigenvalue weighted by molar-refractivity contribution is 9.10. The molecule has 0 aliphatic carbocycles. The first-order valence-corrected chi connectivity index (χ1v) is 7.95. The van der Waals surface area contributed by atoms with Crippen molar-refractivity contribution < 1.29 is 0 Å². The topological polar surface area (TPSA) is 4.93 Å². The van der Waals surface area contributed by atoms with E-state index in [-0.39, 0.29) is 0 Å². The second-order valence-electron chi connectivity index (χ2n) is 4.45. The van der Waals surface area contributed by atoms with E-state index in [1.807, 2.05) is 11.8 Å². The normalized spacial score (nSPS) is 11.6. The number of rotatable bonds is 4. The van der Waals surface area contributed by atoms with Crippen molar-refractivity contribution in [1.82, 2.24) is 4.57 Å². The summed E-state index contributed by atoms with van der Waals surface area (Å²) in [6.07, 6.45) is 2.31. The van der Waals surface area contributed by atoms with E-state index in [0.29, 0.717) is 6.04 Å². The molecule has 1 aromatic heterocycles. The number of nitrogens with zero attached hydrogens (tertiary/aromatic N) is 1. The van der Waals surface area contributed by atoms with Gasteiger partial charge in [-0.3, -0.25) is 0 Å². The molecular formula is C14H18BrNS. The van der Waals surface area contributed by atoms with Gasteiger partial charge in [-0.05, 0) is 37.3 Å². The Morgan fingerprint density at radius 1 is 1.35 bits per heavy atom. The summed E-state index contributed by atoms with van der Waals surface area (Å²) in [5, 5.41) is 1.39. The maximum atomic E-state index is 3.56. The SMILES string of the molecule is CCSCc1cn(C(C)C)c2cc(Br)ccc12. The standard InChI is InChI=1S/C14H18BrNS/c1-4-17-9-11-8-16(10(2)3)14-7-12(15)5-6-13(11)14/h5-8,10H,4,9H2,1-3H3. The Hall–Kier alpha value is -0.410. The molecule has 0 fully saturated rings. The molecule has 0 unspecified atom stereocenters. The highest BCUT2D eigenvalue weighted by Crippen LogP contribution is 2.29. The molecule has 0 saturated heterocycles. The van der Waals surface area contributed by atoms with Gasteiger partial charge in [0, 0.05) is 33.4 Å². The number of hydrogen-bond donors (Lipinski definition) is 0. The fourth-order valence-electron chi connectivity index (χ4n) is 2.05. The lowest BCUT2D eigenvalue weighted by molar-refractivity contribution is 0.621. The monoisotopic (exact) mass is 311 g/mol. The summed E-state index contributed by atoms with van der Waals surface area (Å²) in [7, 11) is 0. The summed E-state index contributed by atoms with van der Waals surface area (Å²) in [6, 6.07) is 7.08. The van der Waals surface area contributed by atoms with E-state index in [9.17, 15) is 0 Å². The van der Waals surface area contributed by atoms with Crippen LogP contribution in [0.5, 0.6) is 0 Å². The van der Waals surface area contributed by atoms with E-state index in [4.69, 9.17) is 0 Å². The molecule has 0 N–H and O–H groups in total. The van der Waals surface area contributed by atoms with Crippen LogP contribution in [-0.2, 0) is 5.75 Å². The molecule has 0 saturated carbocycles. The third-order valence-corrected chi connectivity index (χ3v) is 4.31. The number of hydrogen-bond acceptors (Lipinski definition) is 1. The molecule has 2 rings (SSSR count). The Labute approximate surface area is 116 Å². The summed E-state index contributed by atoms with van der Waals surface area (Å²) in [4.78, 5) is 0. The van der Waals surface area contributed by atoms with E-state index in [1.54, 1.807) is 0 Å². The van der Waals surface area contributed by atoms with Crippen molar-refractivity contribution in [2.24, 2.45) is 0 Å². The Morgan fingerprint density at radius 3 is 2.76 bits per heavy atom. The Morgan fingerprint density at radius 2 is 2.12 bits per heavy atom. The first-order chi connectivity index (χ1) is 8.13. The molecular weight excluding hydrogens is 294 g/mol. The van der Waals surface area contributed by atoms with E-state index in [0.717, 1.165) is 10.2 Å². The van der Waals surface area contributed by atoms with Gasteiger partial charge in [0.1, 0.15) is 0 Å². The smallest absolute Gasteiger partial charge is 0.0497 e. The molecule has 0 aliphatic rings. The van der Waals surface area contributed by atoms with Crippen molar-refractivity contribution in [2.75, 3.05) is 5.75 Å². The average Bonchev–Trinajstić information content (AvgIpc) is 2.64. The van der Waals surface area contributed by atoms with Gasteiger partial charge in [-0.2, -0.15) is 11.8 Å². The van der Waals surface area contributed by atoms with Crippen molar-refractivity contribution in [2.45, 2.75) is 32.6 Å². The Kier molecular flexibility index (Phi) is 4.21. The maximum absolute atomic E-state index is 3.56. The zero-order valence-electron chi connectivity index (χ0n) is 10.5. The van der Waals surface area contributed by atoms with Crippen molar-refractivity contribution in [1.29, 1.82) is 0 Å². The van der Waals surface area contributed by atoms with Gasteiger partial charge in [-0.1, -0.05) is 28.9 Å². The third-order valence-electron chi connectivity index (χ3n) is 2.90. The van der Waals surface area contributed by atoms with Gasteiger partial charge in [0.25, 0.3) is 0 Å². The van der Waals surface area contributed by atoms with Crippen LogP contribution in [0.2, 0.25) is 0 Å². The first-order valence-electron chi connectivity index (χ1n) is 6.00. The van der Waals surface area contributed by atoms with Gasteiger partial charge in [-0.25, -0.2) is 0 Å². The predicted molar refractivity (Wildman–Crippen MR) is 81.9 cm³/mol. The zero-order chi connectivity index (χ0) is 12.4. The van der Waals surface area contributed by atoms with Crippen LogP contribution in [-0.4, -0.2) is 10.3 Å². The Bertz CT molecular complexity index is 516. The first kappa shape index (κ1) is 13.0. The van der Waals surface area contributed by atoms with E-state index in [1.165, 1.54) is 22.2 Å². The molecule has 1 heterocycles. The van der Waals surface area contributed by atoms with Gasteiger partial charge in [0.15, 0.2) is 0 Å². The minimum Gasteiger partial charge on any atom is -0.345 e. The molecule has 0 amide bonds. The molecule has 2 aromatic rings. The van der Waals surface area contributed by atoms with E-state index < -0.39 is 0 Å². The lowest BCUT2D eigenvalue weighted by atomic mass is 10.2. The van der Waals surface area contributed by atoms with Crippen LogP contribution >= 0.6 is 27.7 Å². The van der Waals surface area contributed by atoms with Crippen LogP contribution in [0.1, 0.15) is 32.4 Å². The van der Waals surface area contributed by atoms with Crippen molar-refractivity contribution in [3.8, 4) is 0 Å². The second-order valence-corrected chi connectivity index (χ2v) is 6.64. The maximum Gasteiger partial charge on any atom is 0.0497 e. The predicted octanol–water partition coefficient (Wildman–Crippen LogP) is 5.24. The van der Waals surface area contributed by atoms with Crippen LogP contribution in [0, 0.1) is 0 Å². The van der Waals surface area contributed by atoms with Crippen LogP contribution in [0.25, 0.3) is 10.9 Å². The minimum atomic E-state index is 0.507. The quantitative estimate of drug-likeness (QED) is 0.747. The van der Waals surface area contributed by atoms with E-state index >= 15 is 0 Å². The highest BCUT2D eigenvalue weighted by Gasteiger charge is 2.10. The summed E-state index contributed by atoms with van der Waals surface area (Å²) in [6.45, 7) is 6.68. The molecule has 0 atom stereocenters. The number of halogens is 1. The van der Waals surface area contributed by atoms with Crippen LogP contribution in [0.4, 0.5) is 0 Å². The molecule has 0 bridgehead atoms. The highest BCUT2D eigenvalue weighted by atomic mass is 79.9. The number of thioether (sulfide) groups is 1. The van der Waals surface area contributed by atoms with Gasteiger partial charge in [0.2, 0.25) is 0 Å². The summed E-state index contributed by atoms with van der Waals surface area (Å²) in [5.41, 5.74) is 2.79. The molecule has 1 nitrogen and oxygen atoms in total. The van der Waals surface area contributed by atoms with Gasteiger partial charge in [-0.15, -0.1) is 0 Å². The largest absolute Gasteiger partial charge is 0.345 e. The fourth-order valence-corrected chi connectivity index (χ4v) is 3.05. The lowest BCUT2D eigenvalue weighted by Crippen LogP contribution is -1.97. The summed E-state index contributed by atoms with van der Waals surface area (Å²) >= 11 is 5.54. The molecule has 0 spiro atoms. The minimum absolute atomic E-state index is 0.507. The molecule has 17 heavy (non-hydrogen) atoms. The second kappa shape index (κ2) is 5.49. The van der Waals surface area contributed by atoms with Crippen molar-refractivity contribution >= 4 is 38.6 Å². The molecule has 0 aliphatic heterocycles. The van der Waals surface area contributed by atoms with Gasteiger partial charge >= 0.3 is 0 Å². The Balaban J connectivity index is 2.54. The number of benzene rings is 1. The van der Waals surface area contributed by atoms with Gasteiger partial charge in [0.05, 0.1) is 0 Å². The average molecular weight is 312 g/mol. The summed E-state index contributed by atoms with van der Waals surface area (Å²) in [5.74, 6) is 2.28. The van der Waals surface area contributed by atoms with Crippen molar-refractivity contribution in [3.63, 3.8) is 0 Å². The number of aromatic nitrogens is 1.